The molecule has 0 unspecified atom stereocenters. The number of nitrogens with zero attached hydrogens (tertiary/aromatic N) is 2. The highest BCUT2D eigenvalue weighted by Gasteiger charge is 2.29. The lowest BCUT2D eigenvalue weighted by Gasteiger charge is -2.34. The first-order valence-electron chi connectivity index (χ1n) is 7.53. The molecular weight excluding hydrogens is 286 g/mol. The van der Waals surface area contributed by atoms with Crippen molar-refractivity contribution in [2.24, 2.45) is 0 Å². The Morgan fingerprint density at radius 2 is 1.90 bits per heavy atom. The highest BCUT2D eigenvalue weighted by molar-refractivity contribution is 8.00. The van der Waals surface area contributed by atoms with E-state index in [1.54, 1.807) is 0 Å². The van der Waals surface area contributed by atoms with Crippen molar-refractivity contribution >= 4 is 17.7 Å². The van der Waals surface area contributed by atoms with Crippen molar-refractivity contribution in [3.8, 4) is 0 Å². The molecule has 1 aliphatic rings. The van der Waals surface area contributed by atoms with Crippen LogP contribution >= 0.6 is 11.8 Å². The molecule has 5 nitrogen and oxygen atoms in total. The topological polar surface area (TPSA) is 66.1 Å². The Hall–Kier alpha value is -1.30. The summed E-state index contributed by atoms with van der Waals surface area (Å²) in [6.07, 6.45) is 1.36. The van der Waals surface area contributed by atoms with Gasteiger partial charge in [-0.05, 0) is 18.4 Å². The quantitative estimate of drug-likeness (QED) is 0.925. The van der Waals surface area contributed by atoms with Crippen molar-refractivity contribution in [2.75, 3.05) is 13.1 Å². The van der Waals surface area contributed by atoms with Crippen LogP contribution in [0.5, 0.6) is 0 Å². The van der Waals surface area contributed by atoms with Gasteiger partial charge in [0.15, 0.2) is 0 Å². The zero-order valence-electron chi connectivity index (χ0n) is 13.1. The summed E-state index contributed by atoms with van der Waals surface area (Å²) in [4.78, 5) is 26.8. The lowest BCUT2D eigenvalue weighted by atomic mass is 10.0. The molecule has 0 saturated carbocycles. The maximum Gasteiger partial charge on any atom is 0.277 e. The summed E-state index contributed by atoms with van der Waals surface area (Å²) < 4.78 is 0. The normalized spacial score (nSPS) is 22.4. The number of nitrogens with one attached hydrogen (secondary N) is 1. The molecule has 0 bridgehead atoms. The fraction of sp³-hybridized carbons (Fsp3) is 0.667. The van der Waals surface area contributed by atoms with Gasteiger partial charge in [0, 0.05) is 23.6 Å². The molecule has 6 heteroatoms. The number of thioether (sulfide) groups is 1. The second-order valence-electron chi connectivity index (χ2n) is 5.53. The third-order valence-corrected chi connectivity index (χ3v) is 5.01. The van der Waals surface area contributed by atoms with E-state index in [4.69, 9.17) is 0 Å². The number of rotatable bonds is 3. The van der Waals surface area contributed by atoms with E-state index in [2.05, 4.69) is 24.0 Å². The molecule has 0 aromatic carbocycles. The number of amides is 1. The molecule has 1 fully saturated rings. The van der Waals surface area contributed by atoms with Crippen LogP contribution < -0.4 is 5.56 Å². The fourth-order valence-electron chi connectivity index (χ4n) is 2.92. The average Bonchev–Trinajstić information content (AvgIpc) is 2.45. The van der Waals surface area contributed by atoms with E-state index in [-0.39, 0.29) is 17.0 Å². The molecule has 0 radical (unpaired) electrons. The van der Waals surface area contributed by atoms with Gasteiger partial charge in [-0.15, -0.1) is 0 Å². The predicted octanol–water partition coefficient (Wildman–Crippen LogP) is 1.86. The molecular formula is C15H23N3O2S. The fourth-order valence-corrected chi connectivity index (χ4v) is 4.25. The molecule has 1 aliphatic heterocycles. The van der Waals surface area contributed by atoms with Crippen LogP contribution in [0, 0.1) is 0 Å². The monoisotopic (exact) mass is 309 g/mol. The first-order chi connectivity index (χ1) is 9.97. The average molecular weight is 309 g/mol. The van der Waals surface area contributed by atoms with Crippen molar-refractivity contribution < 1.29 is 4.79 Å². The molecule has 2 rings (SSSR count). The molecule has 0 aliphatic carbocycles. The van der Waals surface area contributed by atoms with Gasteiger partial charge in [0.05, 0.1) is 5.69 Å². The van der Waals surface area contributed by atoms with E-state index in [9.17, 15) is 9.59 Å². The van der Waals surface area contributed by atoms with Gasteiger partial charge in [-0.2, -0.15) is 16.9 Å². The van der Waals surface area contributed by atoms with Crippen LogP contribution in [-0.4, -0.2) is 44.6 Å². The molecule has 1 aromatic heterocycles. The summed E-state index contributed by atoms with van der Waals surface area (Å²) in [6, 6.07) is 0. The van der Waals surface area contributed by atoms with E-state index >= 15 is 0 Å². The van der Waals surface area contributed by atoms with Gasteiger partial charge < -0.3 is 4.90 Å². The third kappa shape index (κ3) is 3.31. The van der Waals surface area contributed by atoms with Crippen LogP contribution in [0.3, 0.4) is 0 Å². The van der Waals surface area contributed by atoms with Gasteiger partial charge in [0.1, 0.15) is 5.56 Å². The first-order valence-corrected chi connectivity index (χ1v) is 8.47. The maximum absolute atomic E-state index is 12.8. The van der Waals surface area contributed by atoms with Crippen LogP contribution in [0.2, 0.25) is 0 Å². The van der Waals surface area contributed by atoms with Gasteiger partial charge in [0.2, 0.25) is 0 Å². The largest absolute Gasteiger partial charge is 0.336 e. The van der Waals surface area contributed by atoms with Crippen LogP contribution in [-0.2, 0) is 12.8 Å². The third-order valence-electron chi connectivity index (χ3n) is 3.78. The molecule has 1 amide bonds. The highest BCUT2D eigenvalue weighted by atomic mass is 32.2. The number of hydrogen-bond acceptors (Lipinski definition) is 4. The second-order valence-corrected chi connectivity index (χ2v) is 7.41. The van der Waals surface area contributed by atoms with E-state index in [1.807, 2.05) is 30.5 Å². The zero-order chi connectivity index (χ0) is 15.6. The van der Waals surface area contributed by atoms with E-state index < -0.39 is 0 Å². The van der Waals surface area contributed by atoms with Gasteiger partial charge in [0.25, 0.3) is 11.5 Å². The number of carbonyl (C=O) groups excluding carboxylic acids is 1. The lowest BCUT2D eigenvalue weighted by molar-refractivity contribution is 0.0750. The van der Waals surface area contributed by atoms with Crippen molar-refractivity contribution in [1.82, 2.24) is 15.1 Å². The Balaban J connectivity index is 2.41. The molecule has 0 spiro atoms. The Bertz CT molecular complexity index is 575. The lowest BCUT2D eigenvalue weighted by Crippen LogP contribution is -2.46. The summed E-state index contributed by atoms with van der Waals surface area (Å²) in [7, 11) is 0. The number of hydrogen-bond donors (Lipinski definition) is 1. The molecule has 21 heavy (non-hydrogen) atoms. The summed E-state index contributed by atoms with van der Waals surface area (Å²) in [6.45, 7) is 9.57. The summed E-state index contributed by atoms with van der Waals surface area (Å²) in [5.41, 5.74) is 1.53. The van der Waals surface area contributed by atoms with Gasteiger partial charge >= 0.3 is 0 Å². The Morgan fingerprint density at radius 3 is 2.43 bits per heavy atom. The highest BCUT2D eigenvalue weighted by Crippen LogP contribution is 2.26. The van der Waals surface area contributed by atoms with Crippen molar-refractivity contribution in [1.29, 1.82) is 0 Å². The first kappa shape index (κ1) is 16.1. The van der Waals surface area contributed by atoms with Crippen LogP contribution in [0.25, 0.3) is 0 Å². The minimum atomic E-state index is -0.368. The van der Waals surface area contributed by atoms with Gasteiger partial charge in [-0.25, -0.2) is 5.10 Å². The number of aryl methyl sites for hydroxylation is 1. The maximum atomic E-state index is 12.8. The molecule has 2 atom stereocenters. The van der Waals surface area contributed by atoms with Gasteiger partial charge in [-0.3, -0.25) is 9.59 Å². The zero-order valence-corrected chi connectivity index (χ0v) is 13.9. The van der Waals surface area contributed by atoms with E-state index in [1.165, 1.54) is 0 Å². The number of aromatic amines is 1. The van der Waals surface area contributed by atoms with Crippen LogP contribution in [0.4, 0.5) is 0 Å². The summed E-state index contributed by atoms with van der Waals surface area (Å²) in [5, 5.41) is 7.35. The second kappa shape index (κ2) is 6.64. The SMILES string of the molecule is CCc1n[nH]c(=O)c(C(=O)N2C[C@@H](C)S[C@H](C)C2)c1CC. The standard InChI is InChI=1S/C15H23N3O2S/c1-5-11-12(6-2)16-17-14(19)13(11)15(20)18-7-9(3)21-10(4)8-18/h9-10H,5-8H2,1-4H3,(H,17,19)/t9-,10-/m1/s1. The summed E-state index contributed by atoms with van der Waals surface area (Å²) >= 11 is 1.89. The van der Waals surface area contributed by atoms with Crippen molar-refractivity contribution in [3.63, 3.8) is 0 Å². The van der Waals surface area contributed by atoms with Crippen molar-refractivity contribution in [3.05, 3.63) is 27.2 Å². The van der Waals surface area contributed by atoms with E-state index in [0.29, 0.717) is 36.4 Å². The molecule has 2 heterocycles. The molecule has 1 aromatic rings. The molecule has 1 N–H and O–H groups in total. The minimum Gasteiger partial charge on any atom is -0.336 e. The minimum absolute atomic E-state index is 0.149. The summed E-state index contributed by atoms with van der Waals surface area (Å²) in [5.74, 6) is -0.149. The van der Waals surface area contributed by atoms with E-state index in [0.717, 1.165) is 11.3 Å². The van der Waals surface area contributed by atoms with Crippen LogP contribution in [0.15, 0.2) is 4.79 Å². The number of H-pyrrole nitrogens is 1. The number of carbonyl (C=O) groups is 1. The Labute approximate surface area is 129 Å². The van der Waals surface area contributed by atoms with Crippen molar-refractivity contribution in [2.45, 2.75) is 51.0 Å². The predicted molar refractivity (Wildman–Crippen MR) is 86.0 cm³/mol. The molecule has 116 valence electrons. The Morgan fingerprint density at radius 1 is 1.29 bits per heavy atom. The number of aromatic nitrogens is 2. The smallest absolute Gasteiger partial charge is 0.277 e. The molecule has 1 saturated heterocycles. The van der Waals surface area contributed by atoms with Gasteiger partial charge in [-0.1, -0.05) is 27.7 Å². The Kier molecular flexibility index (Phi) is 5.08. The van der Waals surface area contributed by atoms with Crippen LogP contribution in [0.1, 0.15) is 49.3 Å².